The summed E-state index contributed by atoms with van der Waals surface area (Å²) in [6.45, 7) is 6.86. The molecule has 0 fully saturated rings. The SMILES string of the molecule is CCCCC1=CCC(CCCC)=C1C. The van der Waals surface area contributed by atoms with Crippen molar-refractivity contribution in [2.75, 3.05) is 0 Å². The predicted octanol–water partition coefficient (Wildman–Crippen LogP) is 5.01. The molecule has 0 atom stereocenters. The molecule has 0 aromatic heterocycles. The molecular formula is C14H24. The van der Waals surface area contributed by atoms with Gasteiger partial charge in [0.2, 0.25) is 0 Å². The molecular weight excluding hydrogens is 168 g/mol. The predicted molar refractivity (Wildman–Crippen MR) is 64.5 cm³/mol. The molecule has 0 heteroatoms. The van der Waals surface area contributed by atoms with Gasteiger partial charge in [0.1, 0.15) is 0 Å². The van der Waals surface area contributed by atoms with Crippen molar-refractivity contribution < 1.29 is 0 Å². The van der Waals surface area contributed by atoms with Gasteiger partial charge in [-0.25, -0.2) is 0 Å². The summed E-state index contributed by atoms with van der Waals surface area (Å²) in [5.41, 5.74) is 4.96. The van der Waals surface area contributed by atoms with Gasteiger partial charge in [0.05, 0.1) is 0 Å². The van der Waals surface area contributed by atoms with Gasteiger partial charge in [-0.2, -0.15) is 0 Å². The van der Waals surface area contributed by atoms with Gasteiger partial charge >= 0.3 is 0 Å². The lowest BCUT2D eigenvalue weighted by Gasteiger charge is -2.06. The van der Waals surface area contributed by atoms with Gasteiger partial charge in [0.25, 0.3) is 0 Å². The molecule has 0 heterocycles. The van der Waals surface area contributed by atoms with E-state index in [4.69, 9.17) is 0 Å². The Kier molecular flexibility index (Phi) is 5.00. The van der Waals surface area contributed by atoms with Crippen LogP contribution in [0.2, 0.25) is 0 Å². The molecule has 80 valence electrons. The highest BCUT2D eigenvalue weighted by molar-refractivity contribution is 5.40. The zero-order valence-electron chi connectivity index (χ0n) is 10.0. The topological polar surface area (TPSA) is 0 Å². The quantitative estimate of drug-likeness (QED) is 0.554. The summed E-state index contributed by atoms with van der Waals surface area (Å²) in [6.07, 6.45) is 11.7. The van der Waals surface area contributed by atoms with Crippen LogP contribution in [0.1, 0.15) is 65.7 Å². The number of unbranched alkanes of at least 4 members (excludes halogenated alkanes) is 2. The van der Waals surface area contributed by atoms with Crippen molar-refractivity contribution in [3.05, 3.63) is 22.8 Å². The number of allylic oxidation sites excluding steroid dienone is 4. The molecule has 1 aliphatic carbocycles. The minimum absolute atomic E-state index is 1.24. The number of hydrogen-bond acceptors (Lipinski definition) is 0. The van der Waals surface area contributed by atoms with E-state index >= 15 is 0 Å². The first kappa shape index (κ1) is 11.6. The maximum absolute atomic E-state index is 2.45. The Labute approximate surface area is 89.1 Å². The lowest BCUT2D eigenvalue weighted by molar-refractivity contribution is 0.771. The summed E-state index contributed by atoms with van der Waals surface area (Å²) < 4.78 is 0. The number of hydrogen-bond donors (Lipinski definition) is 0. The maximum Gasteiger partial charge on any atom is -0.0127 e. The molecule has 0 radical (unpaired) electrons. The average molecular weight is 192 g/mol. The van der Waals surface area contributed by atoms with Gasteiger partial charge < -0.3 is 0 Å². The second-order valence-corrected chi connectivity index (χ2v) is 4.37. The Morgan fingerprint density at radius 3 is 2.36 bits per heavy atom. The molecule has 0 saturated heterocycles. The fraction of sp³-hybridized carbons (Fsp3) is 0.714. The van der Waals surface area contributed by atoms with Crippen molar-refractivity contribution in [3.8, 4) is 0 Å². The Hall–Kier alpha value is -0.520. The van der Waals surface area contributed by atoms with Crippen LogP contribution in [0.15, 0.2) is 22.8 Å². The highest BCUT2D eigenvalue weighted by Gasteiger charge is 2.12. The van der Waals surface area contributed by atoms with Crippen LogP contribution in [0, 0.1) is 0 Å². The van der Waals surface area contributed by atoms with E-state index < -0.39 is 0 Å². The third-order valence-corrected chi connectivity index (χ3v) is 3.24. The molecule has 0 saturated carbocycles. The first-order valence-corrected chi connectivity index (χ1v) is 6.17. The fourth-order valence-corrected chi connectivity index (χ4v) is 2.12. The van der Waals surface area contributed by atoms with E-state index in [1.165, 1.54) is 44.9 Å². The summed E-state index contributed by atoms with van der Waals surface area (Å²) in [5, 5.41) is 0. The molecule has 0 spiro atoms. The van der Waals surface area contributed by atoms with Gasteiger partial charge in [-0.1, -0.05) is 38.3 Å². The Bertz CT molecular complexity index is 219. The summed E-state index contributed by atoms with van der Waals surface area (Å²) in [6, 6.07) is 0. The van der Waals surface area contributed by atoms with Gasteiger partial charge in [0.15, 0.2) is 0 Å². The van der Waals surface area contributed by atoms with Crippen LogP contribution >= 0.6 is 0 Å². The molecule has 0 nitrogen and oxygen atoms in total. The minimum Gasteiger partial charge on any atom is -0.0770 e. The van der Waals surface area contributed by atoms with Crippen LogP contribution in [0.25, 0.3) is 0 Å². The normalized spacial score (nSPS) is 16.4. The maximum atomic E-state index is 2.45. The molecule has 0 unspecified atom stereocenters. The second kappa shape index (κ2) is 6.06. The zero-order valence-corrected chi connectivity index (χ0v) is 10.0. The van der Waals surface area contributed by atoms with Crippen LogP contribution < -0.4 is 0 Å². The van der Waals surface area contributed by atoms with E-state index in [1.54, 1.807) is 16.7 Å². The Balaban J connectivity index is 2.44. The summed E-state index contributed by atoms with van der Waals surface area (Å²) in [4.78, 5) is 0. The molecule has 0 amide bonds. The molecule has 0 aromatic rings. The minimum atomic E-state index is 1.24. The van der Waals surface area contributed by atoms with E-state index in [2.05, 4.69) is 26.8 Å². The third-order valence-electron chi connectivity index (χ3n) is 3.24. The Morgan fingerprint density at radius 1 is 1.07 bits per heavy atom. The van der Waals surface area contributed by atoms with Crippen molar-refractivity contribution in [2.24, 2.45) is 0 Å². The van der Waals surface area contributed by atoms with Crippen molar-refractivity contribution >= 4 is 0 Å². The molecule has 14 heavy (non-hydrogen) atoms. The average Bonchev–Trinajstić information content (AvgIpc) is 2.54. The Morgan fingerprint density at radius 2 is 1.71 bits per heavy atom. The van der Waals surface area contributed by atoms with Crippen molar-refractivity contribution in [2.45, 2.75) is 65.7 Å². The molecule has 1 rings (SSSR count). The molecule has 0 aromatic carbocycles. The molecule has 1 aliphatic rings. The lowest BCUT2D eigenvalue weighted by Crippen LogP contribution is -1.86. The van der Waals surface area contributed by atoms with Crippen LogP contribution in [-0.2, 0) is 0 Å². The molecule has 0 bridgehead atoms. The van der Waals surface area contributed by atoms with Gasteiger partial charge in [-0.3, -0.25) is 0 Å². The van der Waals surface area contributed by atoms with E-state index in [1.807, 2.05) is 0 Å². The standard InChI is InChI=1S/C14H24/c1-4-6-8-13-10-11-14(12(13)3)9-7-5-2/h10H,4-9,11H2,1-3H3. The fourth-order valence-electron chi connectivity index (χ4n) is 2.12. The van der Waals surface area contributed by atoms with Gasteiger partial charge in [0, 0.05) is 0 Å². The first-order chi connectivity index (χ1) is 6.79. The van der Waals surface area contributed by atoms with Crippen LogP contribution in [0.4, 0.5) is 0 Å². The van der Waals surface area contributed by atoms with Crippen LogP contribution in [0.3, 0.4) is 0 Å². The highest BCUT2D eigenvalue weighted by Crippen LogP contribution is 2.31. The van der Waals surface area contributed by atoms with Crippen LogP contribution in [-0.4, -0.2) is 0 Å². The summed E-state index contributed by atoms with van der Waals surface area (Å²) in [7, 11) is 0. The van der Waals surface area contributed by atoms with Crippen molar-refractivity contribution in [3.63, 3.8) is 0 Å². The largest absolute Gasteiger partial charge is 0.0770 e. The van der Waals surface area contributed by atoms with E-state index in [0.29, 0.717) is 0 Å². The van der Waals surface area contributed by atoms with Gasteiger partial charge in [-0.05, 0) is 50.2 Å². The smallest absolute Gasteiger partial charge is 0.0127 e. The van der Waals surface area contributed by atoms with E-state index in [-0.39, 0.29) is 0 Å². The van der Waals surface area contributed by atoms with Crippen molar-refractivity contribution in [1.82, 2.24) is 0 Å². The second-order valence-electron chi connectivity index (χ2n) is 4.37. The monoisotopic (exact) mass is 192 g/mol. The first-order valence-electron chi connectivity index (χ1n) is 6.17. The van der Waals surface area contributed by atoms with E-state index in [0.717, 1.165) is 0 Å². The third kappa shape index (κ3) is 3.01. The lowest BCUT2D eigenvalue weighted by atomic mass is 10.0. The molecule has 0 aliphatic heterocycles. The van der Waals surface area contributed by atoms with Gasteiger partial charge in [-0.15, -0.1) is 0 Å². The summed E-state index contributed by atoms with van der Waals surface area (Å²) in [5.74, 6) is 0. The van der Waals surface area contributed by atoms with E-state index in [9.17, 15) is 0 Å². The highest BCUT2D eigenvalue weighted by atomic mass is 14.2. The number of rotatable bonds is 6. The summed E-state index contributed by atoms with van der Waals surface area (Å²) >= 11 is 0. The zero-order chi connectivity index (χ0) is 10.4. The van der Waals surface area contributed by atoms with Crippen molar-refractivity contribution in [1.29, 1.82) is 0 Å². The van der Waals surface area contributed by atoms with Crippen LogP contribution in [0.5, 0.6) is 0 Å². The molecule has 0 N–H and O–H groups in total.